The Bertz CT molecular complexity index is 1760. The zero-order valence-corrected chi connectivity index (χ0v) is 26.5. The van der Waals surface area contributed by atoms with Crippen molar-refractivity contribution in [3.63, 3.8) is 0 Å². The maximum atomic E-state index is 13.7. The standard InChI is InChI=1S/C38H43N3O3/c1-24(2)25-10-7-15-30(21-25)38(17-18-38)36-39-32-16-9-19-41(23-31(32)34(43)40-36)35(44)33(42)28-13-6-11-26(20-28)27-12-8-14-29(22-27)37(3,4)5/h6-8,10-15,20-22,24,33,42H,9,16-19,23H2,1-5H3,(H,39,40,43)/t33-/m1/s1. The number of aliphatic hydroxyl groups is 1. The summed E-state index contributed by atoms with van der Waals surface area (Å²) in [5, 5.41) is 11.3. The molecule has 0 bridgehead atoms. The monoisotopic (exact) mass is 589 g/mol. The normalized spacial score (nSPS) is 16.8. The molecule has 1 saturated carbocycles. The predicted octanol–water partition coefficient (Wildman–Crippen LogP) is 6.95. The molecule has 2 N–H and O–H groups in total. The largest absolute Gasteiger partial charge is 0.378 e. The molecule has 6 heteroatoms. The predicted molar refractivity (Wildman–Crippen MR) is 175 cm³/mol. The lowest BCUT2D eigenvalue weighted by Gasteiger charge is -2.24. The van der Waals surface area contributed by atoms with E-state index in [1.807, 2.05) is 24.3 Å². The van der Waals surface area contributed by atoms with Crippen LogP contribution in [-0.2, 0) is 28.6 Å². The summed E-state index contributed by atoms with van der Waals surface area (Å²) >= 11 is 0. The Balaban J connectivity index is 1.24. The fourth-order valence-corrected chi connectivity index (χ4v) is 6.39. The summed E-state index contributed by atoms with van der Waals surface area (Å²) in [5.74, 6) is 0.756. The first-order valence-corrected chi connectivity index (χ1v) is 15.9. The summed E-state index contributed by atoms with van der Waals surface area (Å²) in [4.78, 5) is 36.9. The number of nitrogens with zero attached hydrogens (tertiary/aromatic N) is 2. The molecule has 3 aromatic carbocycles. The van der Waals surface area contributed by atoms with Crippen LogP contribution in [0.4, 0.5) is 0 Å². The smallest absolute Gasteiger partial charge is 0.256 e. The number of hydrogen-bond donors (Lipinski definition) is 2. The van der Waals surface area contributed by atoms with Crippen LogP contribution >= 0.6 is 0 Å². The lowest BCUT2D eigenvalue weighted by atomic mass is 9.85. The molecule has 0 saturated heterocycles. The highest BCUT2D eigenvalue weighted by Gasteiger charge is 2.49. The molecule has 1 fully saturated rings. The number of carbonyl (C=O) groups is 1. The number of aromatic amines is 1. The number of nitrogens with one attached hydrogen (secondary N) is 1. The average Bonchev–Trinajstić information content (AvgIpc) is 3.85. The first-order valence-electron chi connectivity index (χ1n) is 15.9. The number of amides is 1. The van der Waals surface area contributed by atoms with Gasteiger partial charge in [-0.15, -0.1) is 0 Å². The van der Waals surface area contributed by atoms with Crippen molar-refractivity contribution >= 4 is 5.91 Å². The van der Waals surface area contributed by atoms with Crippen molar-refractivity contribution in [1.82, 2.24) is 14.9 Å². The van der Waals surface area contributed by atoms with Crippen LogP contribution in [0.25, 0.3) is 11.1 Å². The van der Waals surface area contributed by atoms with Gasteiger partial charge in [0, 0.05) is 6.54 Å². The number of hydrogen-bond acceptors (Lipinski definition) is 4. The number of carbonyl (C=O) groups excluding carboxylic acids is 1. The molecule has 1 amide bonds. The minimum atomic E-state index is -1.32. The van der Waals surface area contributed by atoms with E-state index in [1.54, 1.807) is 11.0 Å². The van der Waals surface area contributed by atoms with Crippen LogP contribution in [0, 0.1) is 0 Å². The third-order valence-corrected chi connectivity index (χ3v) is 9.41. The van der Waals surface area contributed by atoms with Crippen LogP contribution < -0.4 is 5.56 Å². The van der Waals surface area contributed by atoms with Crippen molar-refractivity contribution in [2.45, 2.75) is 89.7 Å². The molecule has 2 heterocycles. The molecule has 4 aromatic rings. The zero-order valence-electron chi connectivity index (χ0n) is 26.5. The van der Waals surface area contributed by atoms with E-state index in [-0.39, 0.29) is 22.9 Å². The fourth-order valence-electron chi connectivity index (χ4n) is 6.39. The van der Waals surface area contributed by atoms with Crippen molar-refractivity contribution in [2.24, 2.45) is 0 Å². The highest BCUT2D eigenvalue weighted by atomic mass is 16.3. The SMILES string of the molecule is CC(C)c1cccc(C2(c3nc4c(c(=O)[nH]3)CN(C(=O)[C@H](O)c3cccc(-c5cccc(C(C)(C)C)c5)c3)CCC4)CC2)c1. The van der Waals surface area contributed by atoms with Crippen LogP contribution in [0.2, 0.25) is 0 Å². The van der Waals surface area contributed by atoms with Crippen molar-refractivity contribution < 1.29 is 9.90 Å². The summed E-state index contributed by atoms with van der Waals surface area (Å²) in [7, 11) is 0. The third-order valence-electron chi connectivity index (χ3n) is 9.41. The molecule has 44 heavy (non-hydrogen) atoms. The molecule has 0 radical (unpaired) electrons. The number of benzene rings is 3. The van der Waals surface area contributed by atoms with Gasteiger partial charge in [-0.2, -0.15) is 0 Å². The zero-order chi connectivity index (χ0) is 31.2. The molecular weight excluding hydrogens is 546 g/mol. The van der Waals surface area contributed by atoms with Crippen LogP contribution in [0.3, 0.4) is 0 Å². The maximum Gasteiger partial charge on any atom is 0.256 e. The van der Waals surface area contributed by atoms with Crippen molar-refractivity contribution in [1.29, 1.82) is 0 Å². The Morgan fingerprint density at radius 2 is 1.64 bits per heavy atom. The number of aryl methyl sites for hydroxylation is 1. The van der Waals surface area contributed by atoms with E-state index in [4.69, 9.17) is 4.98 Å². The molecular formula is C38H43N3O3. The van der Waals surface area contributed by atoms with E-state index in [0.717, 1.165) is 35.5 Å². The van der Waals surface area contributed by atoms with Crippen molar-refractivity contribution in [2.75, 3.05) is 6.54 Å². The Morgan fingerprint density at radius 3 is 2.34 bits per heavy atom. The third kappa shape index (κ3) is 5.75. The minimum absolute atomic E-state index is 0.0116. The van der Waals surface area contributed by atoms with E-state index < -0.39 is 12.0 Å². The van der Waals surface area contributed by atoms with Crippen LogP contribution in [0.15, 0.2) is 77.6 Å². The Hall–Kier alpha value is -4.03. The van der Waals surface area contributed by atoms with Crippen LogP contribution in [0.5, 0.6) is 0 Å². The van der Waals surface area contributed by atoms with Gasteiger partial charge in [-0.1, -0.05) is 101 Å². The van der Waals surface area contributed by atoms with Crippen LogP contribution in [-0.4, -0.2) is 32.4 Å². The fraction of sp³-hybridized carbons (Fsp3) is 0.395. The van der Waals surface area contributed by atoms with Gasteiger partial charge in [0.25, 0.3) is 11.5 Å². The lowest BCUT2D eigenvalue weighted by molar-refractivity contribution is -0.141. The second kappa shape index (κ2) is 11.5. The van der Waals surface area contributed by atoms with Crippen LogP contribution in [0.1, 0.15) is 105 Å². The molecule has 1 aliphatic heterocycles. The van der Waals surface area contributed by atoms with E-state index in [1.165, 1.54) is 16.7 Å². The molecule has 1 aliphatic carbocycles. The number of H-pyrrole nitrogens is 1. The summed E-state index contributed by atoms with van der Waals surface area (Å²) in [5.41, 5.74) is 7.09. The Labute approximate surface area is 260 Å². The van der Waals surface area contributed by atoms with Gasteiger partial charge in [-0.3, -0.25) is 9.59 Å². The summed E-state index contributed by atoms with van der Waals surface area (Å²) in [6, 6.07) is 24.6. The number of fused-ring (bicyclic) bond motifs is 1. The topological polar surface area (TPSA) is 86.3 Å². The second-order valence-electron chi connectivity index (χ2n) is 13.9. The summed E-state index contributed by atoms with van der Waals surface area (Å²) in [6.07, 6.45) is 1.88. The Morgan fingerprint density at radius 1 is 0.955 bits per heavy atom. The van der Waals surface area contributed by atoms with Gasteiger partial charge in [0.2, 0.25) is 0 Å². The number of aliphatic hydroxyl groups excluding tert-OH is 1. The Kier molecular flexibility index (Phi) is 7.83. The molecule has 1 aromatic heterocycles. The van der Waals surface area contributed by atoms with E-state index >= 15 is 0 Å². The first-order chi connectivity index (χ1) is 21.0. The van der Waals surface area contributed by atoms with Gasteiger partial charge in [0.1, 0.15) is 5.82 Å². The first kappa shape index (κ1) is 30.0. The van der Waals surface area contributed by atoms with Gasteiger partial charge in [0.15, 0.2) is 6.10 Å². The summed E-state index contributed by atoms with van der Waals surface area (Å²) in [6.45, 7) is 11.5. The highest BCUT2D eigenvalue weighted by Crippen LogP contribution is 2.52. The minimum Gasteiger partial charge on any atom is -0.378 e. The highest BCUT2D eigenvalue weighted by molar-refractivity contribution is 5.83. The second-order valence-corrected chi connectivity index (χ2v) is 13.9. The number of aromatic nitrogens is 2. The maximum absolute atomic E-state index is 13.7. The van der Waals surface area contributed by atoms with Gasteiger partial charge >= 0.3 is 0 Å². The molecule has 2 aliphatic rings. The van der Waals surface area contributed by atoms with Crippen molar-refractivity contribution in [3.05, 3.63) is 122 Å². The lowest BCUT2D eigenvalue weighted by Crippen LogP contribution is -2.36. The molecule has 1 atom stereocenters. The quantitative estimate of drug-likeness (QED) is 0.255. The van der Waals surface area contributed by atoms with Gasteiger partial charge in [-0.25, -0.2) is 4.98 Å². The van der Waals surface area contributed by atoms with Gasteiger partial charge in [-0.05, 0) is 76.5 Å². The molecule has 6 rings (SSSR count). The summed E-state index contributed by atoms with van der Waals surface area (Å²) < 4.78 is 0. The number of rotatable bonds is 6. The van der Waals surface area contributed by atoms with E-state index in [9.17, 15) is 14.7 Å². The molecule has 0 spiro atoms. The molecule has 0 unspecified atom stereocenters. The van der Waals surface area contributed by atoms with E-state index in [2.05, 4.69) is 82.1 Å². The van der Waals surface area contributed by atoms with Gasteiger partial charge in [0.05, 0.1) is 23.2 Å². The van der Waals surface area contributed by atoms with Crippen molar-refractivity contribution in [3.8, 4) is 11.1 Å². The molecule has 228 valence electrons. The van der Waals surface area contributed by atoms with E-state index in [0.29, 0.717) is 36.4 Å². The van der Waals surface area contributed by atoms with Gasteiger partial charge < -0.3 is 15.0 Å². The average molecular weight is 590 g/mol. The molecule has 6 nitrogen and oxygen atoms in total.